The van der Waals surface area contributed by atoms with Crippen molar-refractivity contribution in [1.82, 2.24) is 4.57 Å². The lowest BCUT2D eigenvalue weighted by Gasteiger charge is -2.20. The molecule has 0 amide bonds. The minimum atomic E-state index is 1.11. The highest BCUT2D eigenvalue weighted by molar-refractivity contribution is 5.58. The maximum atomic E-state index is 3.46. The summed E-state index contributed by atoms with van der Waals surface area (Å²) in [5.41, 5.74) is 6.63. The molecule has 0 atom stereocenters. The number of hydrogen-bond donors (Lipinski definition) is 1. The van der Waals surface area contributed by atoms with Gasteiger partial charge >= 0.3 is 0 Å². The molecule has 0 radical (unpaired) electrons. The van der Waals surface area contributed by atoms with Gasteiger partial charge in [-0.05, 0) is 62.6 Å². The van der Waals surface area contributed by atoms with Crippen LogP contribution in [0.2, 0.25) is 0 Å². The second kappa shape index (κ2) is 3.95. The van der Waals surface area contributed by atoms with E-state index in [0.717, 1.165) is 6.54 Å². The second-order valence-corrected chi connectivity index (χ2v) is 4.82. The molecule has 0 saturated heterocycles. The van der Waals surface area contributed by atoms with Crippen molar-refractivity contribution < 1.29 is 0 Å². The van der Waals surface area contributed by atoms with Crippen LogP contribution in [0.5, 0.6) is 0 Å². The fourth-order valence-corrected chi connectivity index (χ4v) is 2.68. The summed E-state index contributed by atoms with van der Waals surface area (Å²) in [7, 11) is 0. The van der Waals surface area contributed by atoms with Crippen LogP contribution in [0.3, 0.4) is 0 Å². The highest BCUT2D eigenvalue weighted by atomic mass is 15.0. The Hall–Kier alpha value is -1.70. The molecule has 1 aliphatic rings. The largest absolute Gasteiger partial charge is 0.385 e. The van der Waals surface area contributed by atoms with Gasteiger partial charge in [-0.3, -0.25) is 0 Å². The second-order valence-electron chi connectivity index (χ2n) is 4.82. The molecule has 0 saturated carbocycles. The van der Waals surface area contributed by atoms with Crippen LogP contribution in [0.4, 0.5) is 5.69 Å². The van der Waals surface area contributed by atoms with Crippen LogP contribution in [-0.2, 0) is 6.42 Å². The molecule has 2 heteroatoms. The minimum absolute atomic E-state index is 1.11. The van der Waals surface area contributed by atoms with Crippen molar-refractivity contribution in [2.45, 2.75) is 26.7 Å². The zero-order valence-corrected chi connectivity index (χ0v) is 10.5. The number of hydrogen-bond acceptors (Lipinski definition) is 1. The SMILES string of the molecule is Cc1ccc(C)n1-c1ccc2c(c1)CCCN2. The molecule has 2 aromatic rings. The fourth-order valence-electron chi connectivity index (χ4n) is 2.68. The van der Waals surface area contributed by atoms with E-state index in [2.05, 4.69) is 54.1 Å². The number of nitrogens with one attached hydrogen (secondary N) is 1. The Morgan fingerprint density at radius 3 is 2.59 bits per heavy atom. The van der Waals surface area contributed by atoms with Gasteiger partial charge in [0.15, 0.2) is 0 Å². The molecule has 2 nitrogen and oxygen atoms in total. The third-order valence-corrected chi connectivity index (χ3v) is 3.56. The summed E-state index contributed by atoms with van der Waals surface area (Å²) in [6.07, 6.45) is 2.43. The summed E-state index contributed by atoms with van der Waals surface area (Å²) >= 11 is 0. The highest BCUT2D eigenvalue weighted by Gasteiger charge is 2.10. The molecule has 0 bridgehead atoms. The first-order chi connectivity index (χ1) is 8.25. The number of aryl methyl sites for hydroxylation is 3. The summed E-state index contributed by atoms with van der Waals surface area (Å²) in [6, 6.07) is 11.1. The average Bonchev–Trinajstić information content (AvgIpc) is 2.68. The zero-order chi connectivity index (χ0) is 11.8. The Morgan fingerprint density at radius 2 is 1.82 bits per heavy atom. The van der Waals surface area contributed by atoms with Crippen molar-refractivity contribution in [2.75, 3.05) is 11.9 Å². The molecule has 1 aliphatic heterocycles. The van der Waals surface area contributed by atoms with Crippen LogP contribution in [0.15, 0.2) is 30.3 Å². The number of benzene rings is 1. The molecular weight excluding hydrogens is 208 g/mol. The average molecular weight is 226 g/mol. The molecule has 0 unspecified atom stereocenters. The number of rotatable bonds is 1. The third-order valence-electron chi connectivity index (χ3n) is 3.56. The Bertz CT molecular complexity index is 533. The van der Waals surface area contributed by atoms with Gasteiger partial charge in [-0.1, -0.05) is 0 Å². The normalized spacial score (nSPS) is 14.2. The molecule has 2 heterocycles. The molecule has 88 valence electrons. The molecular formula is C15H18N2. The lowest BCUT2D eigenvalue weighted by molar-refractivity contribution is 0.826. The van der Waals surface area contributed by atoms with Crippen molar-refractivity contribution in [3.63, 3.8) is 0 Å². The summed E-state index contributed by atoms with van der Waals surface area (Å²) in [6.45, 7) is 5.42. The summed E-state index contributed by atoms with van der Waals surface area (Å²) in [4.78, 5) is 0. The Labute approximate surface area is 102 Å². The Morgan fingerprint density at radius 1 is 1.06 bits per heavy atom. The van der Waals surface area contributed by atoms with Gasteiger partial charge in [-0.15, -0.1) is 0 Å². The third kappa shape index (κ3) is 1.74. The van der Waals surface area contributed by atoms with E-state index in [1.165, 1.54) is 41.2 Å². The minimum Gasteiger partial charge on any atom is -0.385 e. The topological polar surface area (TPSA) is 17.0 Å². The van der Waals surface area contributed by atoms with E-state index in [4.69, 9.17) is 0 Å². The van der Waals surface area contributed by atoms with E-state index in [-0.39, 0.29) is 0 Å². The van der Waals surface area contributed by atoms with Crippen molar-refractivity contribution in [1.29, 1.82) is 0 Å². The van der Waals surface area contributed by atoms with E-state index in [0.29, 0.717) is 0 Å². The van der Waals surface area contributed by atoms with Crippen molar-refractivity contribution in [3.05, 3.63) is 47.3 Å². The van der Waals surface area contributed by atoms with Crippen LogP contribution in [-0.4, -0.2) is 11.1 Å². The van der Waals surface area contributed by atoms with Crippen LogP contribution in [0.1, 0.15) is 23.4 Å². The van der Waals surface area contributed by atoms with Crippen molar-refractivity contribution >= 4 is 5.69 Å². The monoisotopic (exact) mass is 226 g/mol. The van der Waals surface area contributed by atoms with Gasteiger partial charge in [-0.2, -0.15) is 0 Å². The van der Waals surface area contributed by atoms with Gasteiger partial charge in [0.1, 0.15) is 0 Å². The molecule has 3 rings (SSSR count). The standard InChI is InChI=1S/C15H18N2/c1-11-5-6-12(2)17(11)14-7-8-15-13(10-14)4-3-9-16-15/h5-8,10,16H,3-4,9H2,1-2H3. The zero-order valence-electron chi connectivity index (χ0n) is 10.5. The van der Waals surface area contributed by atoms with Crippen LogP contribution in [0.25, 0.3) is 5.69 Å². The van der Waals surface area contributed by atoms with Gasteiger partial charge in [-0.25, -0.2) is 0 Å². The quantitative estimate of drug-likeness (QED) is 0.788. The van der Waals surface area contributed by atoms with Crippen LogP contribution in [0, 0.1) is 13.8 Å². The number of anilines is 1. The van der Waals surface area contributed by atoms with Crippen LogP contribution >= 0.6 is 0 Å². The maximum absolute atomic E-state index is 3.46. The highest BCUT2D eigenvalue weighted by Crippen LogP contribution is 2.26. The van der Waals surface area contributed by atoms with E-state index in [1.54, 1.807) is 0 Å². The van der Waals surface area contributed by atoms with E-state index < -0.39 is 0 Å². The molecule has 0 aliphatic carbocycles. The smallest absolute Gasteiger partial charge is 0.0459 e. The van der Waals surface area contributed by atoms with Gasteiger partial charge in [0.2, 0.25) is 0 Å². The van der Waals surface area contributed by atoms with Gasteiger partial charge in [0.25, 0.3) is 0 Å². The number of aromatic nitrogens is 1. The molecule has 0 fully saturated rings. The molecule has 0 spiro atoms. The number of nitrogens with zero attached hydrogens (tertiary/aromatic N) is 1. The molecule has 1 aromatic heterocycles. The maximum Gasteiger partial charge on any atom is 0.0459 e. The fraction of sp³-hybridized carbons (Fsp3) is 0.333. The van der Waals surface area contributed by atoms with E-state index in [9.17, 15) is 0 Å². The first-order valence-electron chi connectivity index (χ1n) is 6.28. The molecule has 17 heavy (non-hydrogen) atoms. The summed E-state index contributed by atoms with van der Waals surface area (Å²) < 4.78 is 2.31. The Kier molecular flexibility index (Phi) is 2.43. The number of fused-ring (bicyclic) bond motifs is 1. The Balaban J connectivity index is 2.10. The van der Waals surface area contributed by atoms with Crippen molar-refractivity contribution in [3.8, 4) is 5.69 Å². The van der Waals surface area contributed by atoms with Gasteiger partial charge in [0.05, 0.1) is 0 Å². The van der Waals surface area contributed by atoms with Crippen molar-refractivity contribution in [2.24, 2.45) is 0 Å². The van der Waals surface area contributed by atoms with E-state index >= 15 is 0 Å². The molecule has 1 aromatic carbocycles. The predicted molar refractivity (Wildman–Crippen MR) is 72.1 cm³/mol. The predicted octanol–water partition coefficient (Wildman–Crippen LogP) is 3.45. The summed E-state index contributed by atoms with van der Waals surface area (Å²) in [5.74, 6) is 0. The lowest BCUT2D eigenvalue weighted by atomic mass is 10.0. The van der Waals surface area contributed by atoms with Gasteiger partial charge in [0, 0.05) is 29.3 Å². The van der Waals surface area contributed by atoms with E-state index in [1.807, 2.05) is 0 Å². The molecule has 1 N–H and O–H groups in total. The summed E-state index contributed by atoms with van der Waals surface area (Å²) in [5, 5.41) is 3.46. The van der Waals surface area contributed by atoms with Crippen LogP contribution < -0.4 is 5.32 Å². The van der Waals surface area contributed by atoms with Gasteiger partial charge < -0.3 is 9.88 Å². The lowest BCUT2D eigenvalue weighted by Crippen LogP contribution is -2.12. The first-order valence-corrected chi connectivity index (χ1v) is 6.28. The first kappa shape index (κ1) is 10.5.